The molecular formula is C13H16FN. The molecule has 0 spiro atoms. The first-order valence-electron chi connectivity index (χ1n) is 5.42. The van der Waals surface area contributed by atoms with Gasteiger partial charge in [0.1, 0.15) is 5.82 Å². The Hall–Kier alpha value is -1.15. The zero-order chi connectivity index (χ0) is 10.7. The minimum Gasteiger partial charge on any atom is -0.307 e. The predicted molar refractivity (Wildman–Crippen MR) is 60.1 cm³/mol. The third kappa shape index (κ3) is 2.66. The molecule has 0 fully saturated rings. The largest absolute Gasteiger partial charge is 0.307 e. The Kier molecular flexibility index (Phi) is 3.17. The van der Waals surface area contributed by atoms with Crippen LogP contribution in [0, 0.1) is 5.82 Å². The Morgan fingerprint density at radius 2 is 2.07 bits per heavy atom. The van der Waals surface area contributed by atoms with E-state index < -0.39 is 0 Å². The summed E-state index contributed by atoms with van der Waals surface area (Å²) in [5, 5.41) is 3.49. The molecule has 0 saturated heterocycles. The number of nitrogens with one attached hydrogen (secondary N) is 1. The van der Waals surface area contributed by atoms with Crippen LogP contribution in [-0.2, 0) is 0 Å². The molecule has 0 aromatic heterocycles. The number of hydrogen-bond acceptors (Lipinski definition) is 1. The molecule has 1 aromatic carbocycles. The molecule has 1 unspecified atom stereocenters. The Bertz CT molecular complexity index is 351. The summed E-state index contributed by atoms with van der Waals surface area (Å²) in [6.45, 7) is 2.08. The Morgan fingerprint density at radius 3 is 2.73 bits per heavy atom. The van der Waals surface area contributed by atoms with Crippen LogP contribution in [0.1, 0.15) is 31.4 Å². The average molecular weight is 205 g/mol. The SMILES string of the molecule is CC(NC1CC=CC1)c1cccc(F)c1. The fourth-order valence-electron chi connectivity index (χ4n) is 1.98. The van der Waals surface area contributed by atoms with Gasteiger partial charge in [0.05, 0.1) is 0 Å². The van der Waals surface area contributed by atoms with Crippen molar-refractivity contribution in [3.63, 3.8) is 0 Å². The zero-order valence-corrected chi connectivity index (χ0v) is 8.91. The van der Waals surface area contributed by atoms with E-state index in [2.05, 4.69) is 24.4 Å². The first kappa shape index (κ1) is 10.4. The molecule has 0 saturated carbocycles. The van der Waals surface area contributed by atoms with E-state index in [0.29, 0.717) is 6.04 Å². The number of benzene rings is 1. The third-order valence-corrected chi connectivity index (χ3v) is 2.84. The van der Waals surface area contributed by atoms with Crippen LogP contribution >= 0.6 is 0 Å². The maximum absolute atomic E-state index is 13.0. The first-order valence-corrected chi connectivity index (χ1v) is 5.42. The molecule has 2 rings (SSSR count). The highest BCUT2D eigenvalue weighted by Crippen LogP contribution is 2.18. The van der Waals surface area contributed by atoms with Crippen molar-refractivity contribution < 1.29 is 4.39 Å². The van der Waals surface area contributed by atoms with Gasteiger partial charge in [-0.05, 0) is 37.5 Å². The van der Waals surface area contributed by atoms with Crippen molar-refractivity contribution in [1.29, 1.82) is 0 Å². The summed E-state index contributed by atoms with van der Waals surface area (Å²) in [5.74, 6) is -0.161. The van der Waals surface area contributed by atoms with Crippen molar-refractivity contribution in [2.75, 3.05) is 0 Å². The van der Waals surface area contributed by atoms with Crippen LogP contribution in [0.25, 0.3) is 0 Å². The minimum absolute atomic E-state index is 0.161. The molecule has 1 atom stereocenters. The molecule has 2 heteroatoms. The summed E-state index contributed by atoms with van der Waals surface area (Å²) < 4.78 is 13.0. The molecular weight excluding hydrogens is 189 g/mol. The summed E-state index contributed by atoms with van der Waals surface area (Å²) in [4.78, 5) is 0. The van der Waals surface area contributed by atoms with E-state index in [9.17, 15) is 4.39 Å². The molecule has 1 aliphatic rings. The number of hydrogen-bond donors (Lipinski definition) is 1. The molecule has 1 N–H and O–H groups in total. The number of halogens is 1. The molecule has 1 nitrogen and oxygen atoms in total. The fourth-order valence-corrected chi connectivity index (χ4v) is 1.98. The highest BCUT2D eigenvalue weighted by atomic mass is 19.1. The summed E-state index contributed by atoms with van der Waals surface area (Å²) >= 11 is 0. The monoisotopic (exact) mass is 205 g/mol. The van der Waals surface area contributed by atoms with Gasteiger partial charge >= 0.3 is 0 Å². The van der Waals surface area contributed by atoms with Crippen LogP contribution in [0.5, 0.6) is 0 Å². The fraction of sp³-hybridized carbons (Fsp3) is 0.385. The predicted octanol–water partition coefficient (Wildman–Crippen LogP) is 3.19. The van der Waals surface area contributed by atoms with E-state index >= 15 is 0 Å². The van der Waals surface area contributed by atoms with E-state index in [0.717, 1.165) is 18.4 Å². The van der Waals surface area contributed by atoms with Gasteiger partial charge < -0.3 is 5.32 Å². The zero-order valence-electron chi connectivity index (χ0n) is 8.91. The molecule has 1 aliphatic carbocycles. The molecule has 15 heavy (non-hydrogen) atoms. The van der Waals surface area contributed by atoms with E-state index in [1.807, 2.05) is 6.07 Å². The summed E-state index contributed by atoms with van der Waals surface area (Å²) in [5.41, 5.74) is 1.02. The summed E-state index contributed by atoms with van der Waals surface area (Å²) in [6.07, 6.45) is 6.55. The van der Waals surface area contributed by atoms with Crippen LogP contribution in [-0.4, -0.2) is 6.04 Å². The van der Waals surface area contributed by atoms with Crippen molar-refractivity contribution in [2.45, 2.75) is 31.8 Å². The lowest BCUT2D eigenvalue weighted by Crippen LogP contribution is -2.29. The quantitative estimate of drug-likeness (QED) is 0.747. The molecule has 0 radical (unpaired) electrons. The normalized spacial score (nSPS) is 18.3. The van der Waals surface area contributed by atoms with Gasteiger partial charge in [-0.25, -0.2) is 4.39 Å². The van der Waals surface area contributed by atoms with Crippen LogP contribution in [0.2, 0.25) is 0 Å². The Labute approximate surface area is 90.0 Å². The molecule has 80 valence electrons. The van der Waals surface area contributed by atoms with Crippen molar-refractivity contribution in [3.05, 3.63) is 47.8 Å². The van der Waals surface area contributed by atoms with Crippen molar-refractivity contribution in [2.24, 2.45) is 0 Å². The standard InChI is InChI=1S/C13H16FN/c1-10(15-13-7-2-3-8-13)11-5-4-6-12(14)9-11/h2-6,9-10,13,15H,7-8H2,1H3. The van der Waals surface area contributed by atoms with Gasteiger partial charge in [-0.3, -0.25) is 0 Å². The second-order valence-electron chi connectivity index (χ2n) is 4.08. The minimum atomic E-state index is -0.161. The molecule has 0 amide bonds. The molecule has 1 aromatic rings. The molecule has 0 aliphatic heterocycles. The van der Waals surface area contributed by atoms with E-state index in [1.54, 1.807) is 12.1 Å². The first-order chi connectivity index (χ1) is 7.25. The Morgan fingerprint density at radius 1 is 1.33 bits per heavy atom. The summed E-state index contributed by atoms with van der Waals surface area (Å²) in [7, 11) is 0. The van der Waals surface area contributed by atoms with E-state index in [4.69, 9.17) is 0 Å². The van der Waals surface area contributed by atoms with Gasteiger partial charge in [0, 0.05) is 12.1 Å². The smallest absolute Gasteiger partial charge is 0.123 e. The second-order valence-corrected chi connectivity index (χ2v) is 4.08. The van der Waals surface area contributed by atoms with Crippen LogP contribution in [0.15, 0.2) is 36.4 Å². The lowest BCUT2D eigenvalue weighted by molar-refractivity contribution is 0.469. The third-order valence-electron chi connectivity index (χ3n) is 2.84. The highest BCUT2D eigenvalue weighted by Gasteiger charge is 2.14. The topological polar surface area (TPSA) is 12.0 Å². The molecule has 0 heterocycles. The van der Waals surface area contributed by atoms with Gasteiger partial charge in [0.15, 0.2) is 0 Å². The van der Waals surface area contributed by atoms with Gasteiger partial charge in [0.2, 0.25) is 0 Å². The average Bonchev–Trinajstić information content (AvgIpc) is 2.70. The lowest BCUT2D eigenvalue weighted by Gasteiger charge is -2.19. The highest BCUT2D eigenvalue weighted by molar-refractivity contribution is 5.20. The van der Waals surface area contributed by atoms with Crippen LogP contribution in [0.3, 0.4) is 0 Å². The maximum Gasteiger partial charge on any atom is 0.123 e. The van der Waals surface area contributed by atoms with E-state index in [-0.39, 0.29) is 11.9 Å². The maximum atomic E-state index is 13.0. The van der Waals surface area contributed by atoms with Gasteiger partial charge in [-0.2, -0.15) is 0 Å². The van der Waals surface area contributed by atoms with Gasteiger partial charge in [0.25, 0.3) is 0 Å². The van der Waals surface area contributed by atoms with Crippen molar-refractivity contribution >= 4 is 0 Å². The van der Waals surface area contributed by atoms with E-state index in [1.165, 1.54) is 6.07 Å². The summed E-state index contributed by atoms with van der Waals surface area (Å²) in [6, 6.07) is 7.53. The van der Waals surface area contributed by atoms with Crippen molar-refractivity contribution in [3.8, 4) is 0 Å². The second kappa shape index (κ2) is 4.58. The van der Waals surface area contributed by atoms with Gasteiger partial charge in [-0.15, -0.1) is 0 Å². The Balaban J connectivity index is 1.98. The van der Waals surface area contributed by atoms with Crippen LogP contribution < -0.4 is 5.32 Å². The van der Waals surface area contributed by atoms with Crippen molar-refractivity contribution in [1.82, 2.24) is 5.32 Å². The molecule has 0 bridgehead atoms. The van der Waals surface area contributed by atoms with Crippen LogP contribution in [0.4, 0.5) is 4.39 Å². The van der Waals surface area contributed by atoms with Gasteiger partial charge in [-0.1, -0.05) is 24.3 Å². The lowest BCUT2D eigenvalue weighted by atomic mass is 10.1. The number of rotatable bonds is 3.